The van der Waals surface area contributed by atoms with Crippen LogP contribution in [-0.4, -0.2) is 18.0 Å². The van der Waals surface area contributed by atoms with Crippen LogP contribution in [0.3, 0.4) is 0 Å². The Morgan fingerprint density at radius 2 is 2.12 bits per heavy atom. The van der Waals surface area contributed by atoms with Crippen LogP contribution < -0.4 is 16.8 Å². The molecule has 0 heterocycles. The minimum Gasteiger partial charge on any atom is -0.383 e. The van der Waals surface area contributed by atoms with Crippen molar-refractivity contribution in [1.29, 1.82) is 0 Å². The summed E-state index contributed by atoms with van der Waals surface area (Å²) < 4.78 is 0.884. The van der Waals surface area contributed by atoms with E-state index in [9.17, 15) is 4.79 Å². The van der Waals surface area contributed by atoms with E-state index in [4.69, 9.17) is 11.5 Å². The van der Waals surface area contributed by atoms with Gasteiger partial charge in [0.15, 0.2) is 0 Å². The van der Waals surface area contributed by atoms with Crippen molar-refractivity contribution in [3.63, 3.8) is 0 Å². The molecule has 0 aliphatic carbocycles. The first kappa shape index (κ1) is 13.0. The van der Waals surface area contributed by atoms with Gasteiger partial charge in [-0.2, -0.15) is 0 Å². The average Bonchev–Trinajstić information content (AvgIpc) is 2.13. The predicted molar refractivity (Wildman–Crippen MR) is 69.4 cm³/mol. The molecule has 0 saturated heterocycles. The van der Waals surface area contributed by atoms with Crippen LogP contribution in [0.4, 0.5) is 5.69 Å². The van der Waals surface area contributed by atoms with E-state index in [0.717, 1.165) is 4.47 Å². The summed E-state index contributed by atoms with van der Waals surface area (Å²) in [4.78, 5) is 11.2. The number of carbonyl (C=O) groups is 1. The van der Waals surface area contributed by atoms with Crippen LogP contribution >= 0.6 is 15.9 Å². The summed E-state index contributed by atoms with van der Waals surface area (Å²) in [5, 5.41) is 3.12. The van der Waals surface area contributed by atoms with Crippen molar-refractivity contribution < 1.29 is 4.79 Å². The lowest BCUT2D eigenvalue weighted by molar-refractivity contribution is 0.100. The minimum atomic E-state index is -0.454. The fourth-order valence-corrected chi connectivity index (χ4v) is 1.56. The standard InChI is InChI=1S/C11H16BrN3O/c1-11(2,14)6-15-9-5-7(12)3-4-8(9)10(13)16/h3-5,15H,6,14H2,1-2H3,(H2,13,16). The van der Waals surface area contributed by atoms with Crippen LogP contribution in [0.5, 0.6) is 0 Å². The molecule has 0 bridgehead atoms. The fourth-order valence-electron chi connectivity index (χ4n) is 1.20. The third-order valence-corrected chi connectivity index (χ3v) is 2.47. The average molecular weight is 286 g/mol. The molecule has 0 saturated carbocycles. The molecule has 0 aliphatic rings. The zero-order valence-corrected chi connectivity index (χ0v) is 11.0. The van der Waals surface area contributed by atoms with Crippen LogP contribution in [0.1, 0.15) is 24.2 Å². The van der Waals surface area contributed by atoms with Crippen LogP contribution in [0, 0.1) is 0 Å². The molecule has 0 aromatic heterocycles. The van der Waals surface area contributed by atoms with Gasteiger partial charge in [0.05, 0.1) is 5.56 Å². The zero-order chi connectivity index (χ0) is 12.3. The van der Waals surface area contributed by atoms with Gasteiger partial charge < -0.3 is 16.8 Å². The van der Waals surface area contributed by atoms with E-state index < -0.39 is 5.91 Å². The molecule has 0 aliphatic heterocycles. The van der Waals surface area contributed by atoms with Gasteiger partial charge in [0.2, 0.25) is 0 Å². The first-order valence-corrected chi connectivity index (χ1v) is 5.71. The lowest BCUT2D eigenvalue weighted by Gasteiger charge is -2.20. The minimum absolute atomic E-state index is 0.350. The van der Waals surface area contributed by atoms with Gasteiger partial charge in [-0.1, -0.05) is 15.9 Å². The molecule has 1 amide bonds. The van der Waals surface area contributed by atoms with Crippen LogP contribution in [-0.2, 0) is 0 Å². The highest BCUT2D eigenvalue weighted by Crippen LogP contribution is 2.21. The van der Waals surface area contributed by atoms with Gasteiger partial charge in [0.1, 0.15) is 0 Å². The number of benzene rings is 1. The van der Waals surface area contributed by atoms with E-state index in [-0.39, 0.29) is 5.54 Å². The maximum atomic E-state index is 11.2. The maximum Gasteiger partial charge on any atom is 0.250 e. The van der Waals surface area contributed by atoms with Crippen molar-refractivity contribution in [2.75, 3.05) is 11.9 Å². The van der Waals surface area contributed by atoms with Gasteiger partial charge in [-0.15, -0.1) is 0 Å². The number of anilines is 1. The monoisotopic (exact) mass is 285 g/mol. The molecule has 0 unspecified atom stereocenters. The highest BCUT2D eigenvalue weighted by atomic mass is 79.9. The molecule has 1 aromatic rings. The summed E-state index contributed by atoms with van der Waals surface area (Å²) >= 11 is 3.34. The smallest absolute Gasteiger partial charge is 0.250 e. The Bertz CT molecular complexity index is 399. The van der Waals surface area contributed by atoms with Crippen molar-refractivity contribution in [1.82, 2.24) is 0 Å². The Morgan fingerprint density at radius 1 is 1.50 bits per heavy atom. The first-order chi connectivity index (χ1) is 7.29. The number of amides is 1. The summed E-state index contributed by atoms with van der Waals surface area (Å²) in [5.74, 6) is -0.454. The molecule has 5 N–H and O–H groups in total. The van der Waals surface area contributed by atoms with E-state index >= 15 is 0 Å². The molecule has 88 valence electrons. The third-order valence-electron chi connectivity index (χ3n) is 1.98. The zero-order valence-electron chi connectivity index (χ0n) is 9.38. The van der Waals surface area contributed by atoms with Crippen LogP contribution in [0.25, 0.3) is 0 Å². The van der Waals surface area contributed by atoms with Gasteiger partial charge in [-0.25, -0.2) is 0 Å². The Kier molecular flexibility index (Phi) is 3.93. The molecule has 5 heteroatoms. The fraction of sp³-hybridized carbons (Fsp3) is 0.364. The van der Waals surface area contributed by atoms with Gasteiger partial charge in [-0.05, 0) is 32.0 Å². The van der Waals surface area contributed by atoms with Crippen molar-refractivity contribution in [3.8, 4) is 0 Å². The lowest BCUT2D eigenvalue weighted by Crippen LogP contribution is -2.40. The van der Waals surface area contributed by atoms with Gasteiger partial charge in [0, 0.05) is 22.2 Å². The normalized spacial score (nSPS) is 11.2. The van der Waals surface area contributed by atoms with E-state index in [1.165, 1.54) is 0 Å². The Hall–Kier alpha value is -1.07. The summed E-state index contributed by atoms with van der Waals surface area (Å²) in [6.07, 6.45) is 0. The second-order valence-electron chi connectivity index (χ2n) is 4.40. The number of nitrogens with two attached hydrogens (primary N) is 2. The number of carbonyl (C=O) groups excluding carboxylic acids is 1. The molecule has 0 radical (unpaired) electrons. The number of rotatable bonds is 4. The SMILES string of the molecule is CC(C)(N)CNc1cc(Br)ccc1C(N)=O. The Labute approximate surface area is 104 Å². The number of primary amides is 1. The van der Waals surface area contributed by atoms with E-state index in [1.807, 2.05) is 19.9 Å². The molecular weight excluding hydrogens is 270 g/mol. The summed E-state index contributed by atoms with van der Waals surface area (Å²) in [5.41, 5.74) is 11.9. The van der Waals surface area contributed by atoms with Crippen molar-refractivity contribution in [2.45, 2.75) is 19.4 Å². The highest BCUT2D eigenvalue weighted by molar-refractivity contribution is 9.10. The molecular formula is C11H16BrN3O. The molecule has 4 nitrogen and oxygen atoms in total. The summed E-state index contributed by atoms with van der Waals surface area (Å²) in [6.45, 7) is 4.37. The Balaban J connectivity index is 2.93. The van der Waals surface area contributed by atoms with Crippen LogP contribution in [0.2, 0.25) is 0 Å². The van der Waals surface area contributed by atoms with Crippen molar-refractivity contribution >= 4 is 27.5 Å². The van der Waals surface area contributed by atoms with Gasteiger partial charge >= 0.3 is 0 Å². The molecule has 0 spiro atoms. The largest absolute Gasteiger partial charge is 0.383 e. The van der Waals surface area contributed by atoms with Crippen molar-refractivity contribution in [3.05, 3.63) is 28.2 Å². The van der Waals surface area contributed by atoms with Crippen LogP contribution in [0.15, 0.2) is 22.7 Å². The Morgan fingerprint density at radius 3 is 2.62 bits per heavy atom. The lowest BCUT2D eigenvalue weighted by atomic mass is 10.1. The van der Waals surface area contributed by atoms with Crippen molar-refractivity contribution in [2.24, 2.45) is 11.5 Å². The van der Waals surface area contributed by atoms with E-state index in [0.29, 0.717) is 17.8 Å². The molecule has 1 rings (SSSR count). The molecule has 1 aromatic carbocycles. The predicted octanol–water partition coefficient (Wildman–Crippen LogP) is 1.70. The quantitative estimate of drug-likeness (QED) is 0.788. The third kappa shape index (κ3) is 3.83. The molecule has 16 heavy (non-hydrogen) atoms. The van der Waals surface area contributed by atoms with Gasteiger partial charge in [0.25, 0.3) is 5.91 Å². The van der Waals surface area contributed by atoms with Gasteiger partial charge in [-0.3, -0.25) is 4.79 Å². The molecule has 0 atom stereocenters. The summed E-state index contributed by atoms with van der Waals surface area (Å²) in [7, 11) is 0. The second-order valence-corrected chi connectivity index (χ2v) is 5.31. The number of hydrogen-bond donors (Lipinski definition) is 3. The maximum absolute atomic E-state index is 11.2. The van der Waals surface area contributed by atoms with E-state index in [2.05, 4.69) is 21.2 Å². The molecule has 0 fully saturated rings. The topological polar surface area (TPSA) is 81.1 Å². The first-order valence-electron chi connectivity index (χ1n) is 4.92. The number of halogens is 1. The second kappa shape index (κ2) is 4.84. The number of hydrogen-bond acceptors (Lipinski definition) is 3. The highest BCUT2D eigenvalue weighted by Gasteiger charge is 2.13. The summed E-state index contributed by atoms with van der Waals surface area (Å²) in [6, 6.07) is 5.27. The van der Waals surface area contributed by atoms with E-state index in [1.54, 1.807) is 12.1 Å². The number of nitrogens with one attached hydrogen (secondary N) is 1.